The van der Waals surface area contributed by atoms with E-state index >= 15 is 0 Å². The van der Waals surface area contributed by atoms with Crippen molar-refractivity contribution in [2.24, 2.45) is 0 Å². The molecule has 0 aliphatic heterocycles. The highest BCUT2D eigenvalue weighted by molar-refractivity contribution is 5.55. The Hall–Kier alpha value is -1.52. The van der Waals surface area contributed by atoms with Crippen LogP contribution in [-0.2, 0) is 0 Å². The molecule has 13 heavy (non-hydrogen) atoms. The molecule has 0 fully saturated rings. The number of nitrogen functional groups attached to an aromatic ring is 1. The Labute approximate surface area is 74.1 Å². The first-order chi connectivity index (χ1) is 6.13. The molecule has 0 aliphatic rings. The van der Waals surface area contributed by atoms with E-state index in [1.807, 2.05) is 0 Å². The fourth-order valence-electron chi connectivity index (χ4n) is 0.840. The zero-order chi connectivity index (χ0) is 9.84. The van der Waals surface area contributed by atoms with Crippen LogP contribution in [0.15, 0.2) is 18.2 Å². The smallest absolute Gasteiger partial charge is 0.387 e. The lowest BCUT2D eigenvalue weighted by atomic mass is 10.3. The van der Waals surface area contributed by atoms with Crippen LogP contribution in [0.3, 0.4) is 0 Å². The van der Waals surface area contributed by atoms with E-state index in [2.05, 4.69) is 4.74 Å². The SMILES string of the molecule is COc1ccc(N)c(OC(F)F)c1. The van der Waals surface area contributed by atoms with Crippen molar-refractivity contribution in [1.29, 1.82) is 0 Å². The van der Waals surface area contributed by atoms with Gasteiger partial charge in [-0.1, -0.05) is 0 Å². The highest BCUT2D eigenvalue weighted by atomic mass is 19.3. The molecule has 1 rings (SSSR count). The number of methoxy groups -OCH3 is 1. The van der Waals surface area contributed by atoms with Gasteiger partial charge in [0.1, 0.15) is 5.75 Å². The molecular weight excluding hydrogens is 180 g/mol. The van der Waals surface area contributed by atoms with Gasteiger partial charge in [0.05, 0.1) is 12.8 Å². The molecule has 3 nitrogen and oxygen atoms in total. The molecule has 0 spiro atoms. The Bertz CT molecular complexity index is 291. The van der Waals surface area contributed by atoms with E-state index in [1.165, 1.54) is 19.2 Å². The molecule has 1 aromatic carbocycles. The molecule has 0 radical (unpaired) electrons. The molecule has 1 aromatic rings. The second-order valence-corrected chi connectivity index (χ2v) is 2.28. The molecule has 0 bridgehead atoms. The molecule has 0 heterocycles. The first kappa shape index (κ1) is 9.57. The van der Waals surface area contributed by atoms with Crippen LogP contribution < -0.4 is 15.2 Å². The van der Waals surface area contributed by atoms with Gasteiger partial charge in [0.15, 0.2) is 5.75 Å². The van der Waals surface area contributed by atoms with Gasteiger partial charge in [0, 0.05) is 6.07 Å². The normalized spacial score (nSPS) is 10.2. The van der Waals surface area contributed by atoms with Gasteiger partial charge < -0.3 is 15.2 Å². The number of hydrogen-bond acceptors (Lipinski definition) is 3. The Kier molecular flexibility index (Phi) is 2.89. The average Bonchev–Trinajstić information content (AvgIpc) is 2.08. The molecule has 0 saturated carbocycles. The zero-order valence-electron chi connectivity index (χ0n) is 6.96. The summed E-state index contributed by atoms with van der Waals surface area (Å²) in [5.74, 6) is 0.346. The molecule has 72 valence electrons. The van der Waals surface area contributed by atoms with Gasteiger partial charge in [-0.05, 0) is 12.1 Å². The minimum atomic E-state index is -2.88. The average molecular weight is 189 g/mol. The van der Waals surface area contributed by atoms with Crippen molar-refractivity contribution in [3.63, 3.8) is 0 Å². The van der Waals surface area contributed by atoms with Crippen LogP contribution >= 0.6 is 0 Å². The first-order valence-electron chi connectivity index (χ1n) is 3.52. The molecule has 0 aliphatic carbocycles. The van der Waals surface area contributed by atoms with E-state index in [1.54, 1.807) is 6.07 Å². The quantitative estimate of drug-likeness (QED) is 0.738. The van der Waals surface area contributed by atoms with E-state index in [4.69, 9.17) is 10.5 Å². The van der Waals surface area contributed by atoms with Crippen LogP contribution in [0.25, 0.3) is 0 Å². The number of anilines is 1. The maximum atomic E-state index is 11.8. The van der Waals surface area contributed by atoms with Crippen LogP contribution in [0, 0.1) is 0 Å². The summed E-state index contributed by atoms with van der Waals surface area (Å²) in [5.41, 5.74) is 5.53. The van der Waals surface area contributed by atoms with Crippen LogP contribution in [-0.4, -0.2) is 13.7 Å². The van der Waals surface area contributed by atoms with Crippen LogP contribution in [0.2, 0.25) is 0 Å². The lowest BCUT2D eigenvalue weighted by molar-refractivity contribution is -0.0494. The number of nitrogens with two attached hydrogens (primary N) is 1. The summed E-state index contributed by atoms with van der Waals surface area (Å²) in [6.07, 6.45) is 0. The molecule has 0 saturated heterocycles. The molecule has 0 aromatic heterocycles. The van der Waals surface area contributed by atoms with Gasteiger partial charge in [-0.25, -0.2) is 0 Å². The lowest BCUT2D eigenvalue weighted by Gasteiger charge is -2.08. The summed E-state index contributed by atoms with van der Waals surface area (Å²) in [6, 6.07) is 4.31. The Morgan fingerprint density at radius 3 is 2.62 bits per heavy atom. The highest BCUT2D eigenvalue weighted by Gasteiger charge is 2.08. The zero-order valence-corrected chi connectivity index (χ0v) is 6.96. The van der Waals surface area contributed by atoms with Crippen molar-refractivity contribution < 1.29 is 18.3 Å². The van der Waals surface area contributed by atoms with Gasteiger partial charge in [-0.3, -0.25) is 0 Å². The van der Waals surface area contributed by atoms with Crippen LogP contribution in [0.4, 0.5) is 14.5 Å². The molecule has 0 atom stereocenters. The standard InChI is InChI=1S/C8H9F2NO2/c1-12-5-2-3-6(11)7(4-5)13-8(9)10/h2-4,8H,11H2,1H3. The van der Waals surface area contributed by atoms with Gasteiger partial charge in [0.25, 0.3) is 0 Å². The molecule has 2 N–H and O–H groups in total. The molecule has 0 amide bonds. The Balaban J connectivity index is 2.90. The van der Waals surface area contributed by atoms with Gasteiger partial charge >= 0.3 is 6.61 Å². The summed E-state index contributed by atoms with van der Waals surface area (Å²) in [6.45, 7) is -2.88. The largest absolute Gasteiger partial charge is 0.497 e. The second-order valence-electron chi connectivity index (χ2n) is 2.28. The Morgan fingerprint density at radius 1 is 1.38 bits per heavy atom. The predicted molar refractivity (Wildman–Crippen MR) is 44.0 cm³/mol. The summed E-state index contributed by atoms with van der Waals surface area (Å²) in [5, 5.41) is 0. The summed E-state index contributed by atoms with van der Waals surface area (Å²) >= 11 is 0. The third-order valence-corrected chi connectivity index (χ3v) is 1.44. The number of benzene rings is 1. The van der Waals surface area contributed by atoms with Gasteiger partial charge in [-0.2, -0.15) is 8.78 Å². The third kappa shape index (κ3) is 2.47. The number of alkyl halides is 2. The number of hydrogen-bond donors (Lipinski definition) is 1. The minimum Gasteiger partial charge on any atom is -0.497 e. The number of rotatable bonds is 3. The van der Waals surface area contributed by atoms with Crippen molar-refractivity contribution in [2.75, 3.05) is 12.8 Å². The van der Waals surface area contributed by atoms with E-state index in [0.717, 1.165) is 0 Å². The van der Waals surface area contributed by atoms with Gasteiger partial charge in [-0.15, -0.1) is 0 Å². The lowest BCUT2D eigenvalue weighted by Crippen LogP contribution is -2.04. The fourth-order valence-corrected chi connectivity index (χ4v) is 0.840. The van der Waals surface area contributed by atoms with E-state index in [-0.39, 0.29) is 11.4 Å². The van der Waals surface area contributed by atoms with Gasteiger partial charge in [0.2, 0.25) is 0 Å². The minimum absolute atomic E-state index is 0.0747. The van der Waals surface area contributed by atoms with E-state index in [9.17, 15) is 8.78 Å². The highest BCUT2D eigenvalue weighted by Crippen LogP contribution is 2.27. The second kappa shape index (κ2) is 3.93. The summed E-state index contributed by atoms with van der Waals surface area (Å²) in [4.78, 5) is 0. The van der Waals surface area contributed by atoms with E-state index < -0.39 is 6.61 Å². The molecule has 0 unspecified atom stereocenters. The number of halogens is 2. The maximum absolute atomic E-state index is 11.8. The van der Waals surface area contributed by atoms with E-state index in [0.29, 0.717) is 5.75 Å². The first-order valence-corrected chi connectivity index (χ1v) is 3.52. The Morgan fingerprint density at radius 2 is 2.08 bits per heavy atom. The van der Waals surface area contributed by atoms with Crippen molar-refractivity contribution in [3.05, 3.63) is 18.2 Å². The maximum Gasteiger partial charge on any atom is 0.387 e. The topological polar surface area (TPSA) is 44.5 Å². The predicted octanol–water partition coefficient (Wildman–Crippen LogP) is 1.88. The number of ether oxygens (including phenoxy) is 2. The molecule has 5 heteroatoms. The van der Waals surface area contributed by atoms with Crippen molar-refractivity contribution in [1.82, 2.24) is 0 Å². The van der Waals surface area contributed by atoms with Crippen LogP contribution in [0.1, 0.15) is 0 Å². The van der Waals surface area contributed by atoms with Crippen molar-refractivity contribution in [2.45, 2.75) is 6.61 Å². The van der Waals surface area contributed by atoms with Crippen molar-refractivity contribution in [3.8, 4) is 11.5 Å². The van der Waals surface area contributed by atoms with Crippen LogP contribution in [0.5, 0.6) is 11.5 Å². The summed E-state index contributed by atoms with van der Waals surface area (Å²) in [7, 11) is 1.43. The fraction of sp³-hybridized carbons (Fsp3) is 0.250. The summed E-state index contributed by atoms with van der Waals surface area (Å²) < 4.78 is 32.6. The molecular formula is C8H9F2NO2. The third-order valence-electron chi connectivity index (χ3n) is 1.44. The van der Waals surface area contributed by atoms with Crippen molar-refractivity contribution >= 4 is 5.69 Å². The monoisotopic (exact) mass is 189 g/mol.